The molecule has 3 rings (SSSR count). The second-order valence-electron chi connectivity index (χ2n) is 5.99. The standard InChI is InChI=1S/C17H22ClN3.2ClH/c1-12-14-6-2-3-7-15(14)20-16(17(12)18)11-21-8-4-5-13(9-19)10-21;;/h2-3,6-7,13H,4-5,8-11,19H2,1H3;2*1H. The molecule has 2 aromatic rings. The molecule has 0 amide bonds. The lowest BCUT2D eigenvalue weighted by atomic mass is 9.98. The van der Waals surface area contributed by atoms with Gasteiger partial charge in [-0.1, -0.05) is 29.8 Å². The lowest BCUT2D eigenvalue weighted by Crippen LogP contribution is -2.38. The van der Waals surface area contributed by atoms with E-state index in [9.17, 15) is 0 Å². The molecule has 2 heterocycles. The molecule has 1 aromatic carbocycles. The predicted molar refractivity (Wildman–Crippen MR) is 103 cm³/mol. The molecule has 1 aromatic heterocycles. The molecular weight excluding hydrogens is 353 g/mol. The van der Waals surface area contributed by atoms with Crippen molar-refractivity contribution < 1.29 is 0 Å². The van der Waals surface area contributed by atoms with Gasteiger partial charge in [-0.3, -0.25) is 4.90 Å². The first-order valence-corrected chi connectivity index (χ1v) is 8.03. The third-order valence-corrected chi connectivity index (χ3v) is 4.96. The van der Waals surface area contributed by atoms with Gasteiger partial charge in [-0.05, 0) is 50.4 Å². The number of aromatic nitrogens is 1. The minimum absolute atomic E-state index is 0. The number of nitrogens with zero attached hydrogens (tertiary/aromatic N) is 2. The molecular formula is C17H24Cl3N3. The van der Waals surface area contributed by atoms with Crippen LogP contribution < -0.4 is 5.73 Å². The zero-order valence-corrected chi connectivity index (χ0v) is 15.7. The van der Waals surface area contributed by atoms with Gasteiger partial charge < -0.3 is 5.73 Å². The quantitative estimate of drug-likeness (QED) is 0.872. The number of para-hydroxylation sites is 1. The number of benzene rings is 1. The lowest BCUT2D eigenvalue weighted by Gasteiger charge is -2.32. The van der Waals surface area contributed by atoms with Crippen LogP contribution in [0.1, 0.15) is 24.1 Å². The van der Waals surface area contributed by atoms with Gasteiger partial charge in [-0.15, -0.1) is 24.8 Å². The van der Waals surface area contributed by atoms with Crippen molar-refractivity contribution in [3.63, 3.8) is 0 Å². The summed E-state index contributed by atoms with van der Waals surface area (Å²) in [4.78, 5) is 7.21. The summed E-state index contributed by atoms with van der Waals surface area (Å²) in [5, 5.41) is 1.95. The topological polar surface area (TPSA) is 42.1 Å². The normalized spacial score (nSPS) is 18.3. The van der Waals surface area contributed by atoms with Crippen molar-refractivity contribution >= 4 is 47.3 Å². The fourth-order valence-corrected chi connectivity index (χ4v) is 3.43. The Morgan fingerprint density at radius 1 is 1.30 bits per heavy atom. The molecule has 3 nitrogen and oxygen atoms in total. The van der Waals surface area contributed by atoms with E-state index in [-0.39, 0.29) is 24.8 Å². The zero-order valence-electron chi connectivity index (χ0n) is 13.3. The van der Waals surface area contributed by atoms with E-state index in [0.717, 1.165) is 53.4 Å². The highest BCUT2D eigenvalue weighted by atomic mass is 35.5. The van der Waals surface area contributed by atoms with Gasteiger partial charge in [0.05, 0.1) is 16.2 Å². The number of piperidine rings is 1. The van der Waals surface area contributed by atoms with Crippen LogP contribution in [0.3, 0.4) is 0 Å². The monoisotopic (exact) mass is 375 g/mol. The van der Waals surface area contributed by atoms with E-state index >= 15 is 0 Å². The molecule has 23 heavy (non-hydrogen) atoms. The van der Waals surface area contributed by atoms with Crippen molar-refractivity contribution in [2.75, 3.05) is 19.6 Å². The van der Waals surface area contributed by atoms with Gasteiger partial charge in [0, 0.05) is 18.5 Å². The highest BCUT2D eigenvalue weighted by Gasteiger charge is 2.20. The van der Waals surface area contributed by atoms with E-state index in [1.54, 1.807) is 0 Å². The molecule has 1 aliphatic heterocycles. The third kappa shape index (κ3) is 4.49. The van der Waals surface area contributed by atoms with Gasteiger partial charge in [-0.25, -0.2) is 4.98 Å². The second-order valence-corrected chi connectivity index (χ2v) is 6.37. The number of halogens is 3. The lowest BCUT2D eigenvalue weighted by molar-refractivity contribution is 0.169. The molecule has 1 unspecified atom stereocenters. The van der Waals surface area contributed by atoms with Gasteiger partial charge >= 0.3 is 0 Å². The summed E-state index contributed by atoms with van der Waals surface area (Å²) in [5.41, 5.74) is 8.97. The van der Waals surface area contributed by atoms with Crippen molar-refractivity contribution in [2.45, 2.75) is 26.3 Å². The SMILES string of the molecule is Cc1c(Cl)c(CN2CCCC(CN)C2)nc2ccccc12.Cl.Cl. The van der Waals surface area contributed by atoms with Gasteiger partial charge in [0.1, 0.15) is 0 Å². The van der Waals surface area contributed by atoms with E-state index in [2.05, 4.69) is 24.0 Å². The zero-order chi connectivity index (χ0) is 14.8. The van der Waals surface area contributed by atoms with Gasteiger partial charge in [0.25, 0.3) is 0 Å². The highest BCUT2D eigenvalue weighted by Crippen LogP contribution is 2.28. The molecule has 0 bridgehead atoms. The van der Waals surface area contributed by atoms with Crippen molar-refractivity contribution in [3.05, 3.63) is 40.5 Å². The van der Waals surface area contributed by atoms with E-state index < -0.39 is 0 Å². The first kappa shape index (κ1) is 20.5. The molecule has 0 spiro atoms. The maximum Gasteiger partial charge on any atom is 0.0740 e. The van der Waals surface area contributed by atoms with Crippen LogP contribution in [-0.2, 0) is 6.54 Å². The van der Waals surface area contributed by atoms with Gasteiger partial charge in [0.15, 0.2) is 0 Å². The van der Waals surface area contributed by atoms with E-state index in [1.165, 1.54) is 12.8 Å². The fourth-order valence-electron chi connectivity index (χ4n) is 3.22. The fraction of sp³-hybridized carbons (Fsp3) is 0.471. The van der Waals surface area contributed by atoms with Gasteiger partial charge in [0.2, 0.25) is 0 Å². The summed E-state index contributed by atoms with van der Waals surface area (Å²) >= 11 is 6.55. The van der Waals surface area contributed by atoms with E-state index in [4.69, 9.17) is 22.3 Å². The van der Waals surface area contributed by atoms with Crippen molar-refractivity contribution in [1.29, 1.82) is 0 Å². The minimum atomic E-state index is 0. The first-order chi connectivity index (χ1) is 10.2. The summed E-state index contributed by atoms with van der Waals surface area (Å²) in [5.74, 6) is 0.610. The Balaban J connectivity index is 0.00000132. The summed E-state index contributed by atoms with van der Waals surface area (Å²) in [7, 11) is 0. The van der Waals surface area contributed by atoms with E-state index in [0.29, 0.717) is 5.92 Å². The summed E-state index contributed by atoms with van der Waals surface area (Å²) in [6.45, 7) is 5.84. The Kier molecular flexibility index (Phi) is 8.05. The Bertz CT molecular complexity index is 648. The number of rotatable bonds is 3. The van der Waals surface area contributed by atoms with Crippen LogP contribution in [0.2, 0.25) is 5.02 Å². The van der Waals surface area contributed by atoms with Crippen LogP contribution >= 0.6 is 36.4 Å². The number of hydrogen-bond acceptors (Lipinski definition) is 3. The highest BCUT2D eigenvalue weighted by molar-refractivity contribution is 6.32. The molecule has 6 heteroatoms. The van der Waals surface area contributed by atoms with Crippen molar-refractivity contribution in [2.24, 2.45) is 11.7 Å². The first-order valence-electron chi connectivity index (χ1n) is 7.65. The third-order valence-electron chi connectivity index (χ3n) is 4.46. The molecule has 0 saturated carbocycles. The molecule has 128 valence electrons. The largest absolute Gasteiger partial charge is 0.330 e. The number of nitrogens with two attached hydrogens (primary N) is 1. The minimum Gasteiger partial charge on any atom is -0.330 e. The second kappa shape index (κ2) is 9.05. The average Bonchev–Trinajstić information content (AvgIpc) is 2.52. The van der Waals surface area contributed by atoms with Crippen LogP contribution in [0.25, 0.3) is 10.9 Å². The molecule has 0 radical (unpaired) electrons. The molecule has 1 fully saturated rings. The van der Waals surface area contributed by atoms with Crippen LogP contribution in [0.15, 0.2) is 24.3 Å². The Hall–Kier alpha value is -0.580. The number of aryl methyl sites for hydroxylation is 1. The maximum absolute atomic E-state index is 6.55. The number of fused-ring (bicyclic) bond motifs is 1. The summed E-state index contributed by atoms with van der Waals surface area (Å²) in [6.07, 6.45) is 2.46. The summed E-state index contributed by atoms with van der Waals surface area (Å²) in [6, 6.07) is 8.20. The van der Waals surface area contributed by atoms with Crippen LogP contribution in [-0.4, -0.2) is 29.5 Å². The average molecular weight is 377 g/mol. The van der Waals surface area contributed by atoms with E-state index in [1.807, 2.05) is 12.1 Å². The Labute approximate surface area is 155 Å². The van der Waals surface area contributed by atoms with Crippen LogP contribution in [0, 0.1) is 12.8 Å². The molecule has 1 atom stereocenters. The number of pyridine rings is 1. The molecule has 1 saturated heterocycles. The number of hydrogen-bond donors (Lipinski definition) is 1. The Morgan fingerprint density at radius 2 is 2.04 bits per heavy atom. The van der Waals surface area contributed by atoms with Crippen LogP contribution in [0.5, 0.6) is 0 Å². The predicted octanol–water partition coefficient (Wildman–Crippen LogP) is 4.21. The van der Waals surface area contributed by atoms with Crippen molar-refractivity contribution in [1.82, 2.24) is 9.88 Å². The number of likely N-dealkylation sites (tertiary alicyclic amines) is 1. The molecule has 2 N–H and O–H groups in total. The van der Waals surface area contributed by atoms with Crippen LogP contribution in [0.4, 0.5) is 0 Å². The smallest absolute Gasteiger partial charge is 0.0740 e. The van der Waals surface area contributed by atoms with Gasteiger partial charge in [-0.2, -0.15) is 0 Å². The summed E-state index contributed by atoms with van der Waals surface area (Å²) < 4.78 is 0. The maximum atomic E-state index is 6.55. The molecule has 1 aliphatic rings. The molecule has 0 aliphatic carbocycles. The Morgan fingerprint density at radius 3 is 2.78 bits per heavy atom. The van der Waals surface area contributed by atoms with Crippen molar-refractivity contribution in [3.8, 4) is 0 Å².